The van der Waals surface area contributed by atoms with E-state index in [0.29, 0.717) is 6.07 Å². The zero-order valence-electron chi connectivity index (χ0n) is 14.2. The molecule has 0 spiro atoms. The molecule has 1 heterocycles. The number of oxime groups is 1. The molecule has 2 rings (SSSR count). The van der Waals surface area contributed by atoms with Gasteiger partial charge in [0, 0.05) is 32.2 Å². The summed E-state index contributed by atoms with van der Waals surface area (Å²) in [4.78, 5) is 14.9. The molecule has 1 aromatic rings. The SMILES string of the molecule is CC(C)(C)OC(=O)N1CCN(/C(=N\O)c2cc(F)cc(F)c2F)CC1. The van der Waals surface area contributed by atoms with Gasteiger partial charge in [-0.3, -0.25) is 0 Å². The van der Waals surface area contributed by atoms with Crippen molar-refractivity contribution in [3.8, 4) is 0 Å². The molecule has 0 radical (unpaired) electrons. The second-order valence-electron chi connectivity index (χ2n) is 6.63. The van der Waals surface area contributed by atoms with Gasteiger partial charge in [0.1, 0.15) is 11.4 Å². The molecule has 1 N–H and O–H groups in total. The molecule has 138 valence electrons. The van der Waals surface area contributed by atoms with E-state index < -0.39 is 34.7 Å². The summed E-state index contributed by atoms with van der Waals surface area (Å²) < 4.78 is 45.9. The van der Waals surface area contributed by atoms with Crippen LogP contribution in [0, 0.1) is 17.5 Å². The lowest BCUT2D eigenvalue weighted by Gasteiger charge is -2.36. The molecule has 1 aromatic carbocycles. The fraction of sp³-hybridized carbons (Fsp3) is 0.500. The molecular formula is C16H20F3N3O3. The molecule has 1 aliphatic rings. The maximum Gasteiger partial charge on any atom is 0.410 e. The number of benzene rings is 1. The van der Waals surface area contributed by atoms with Crippen molar-refractivity contribution in [3.63, 3.8) is 0 Å². The van der Waals surface area contributed by atoms with Crippen LogP contribution in [-0.4, -0.2) is 58.7 Å². The number of hydrogen-bond acceptors (Lipinski definition) is 4. The number of carbonyl (C=O) groups is 1. The monoisotopic (exact) mass is 359 g/mol. The molecule has 9 heteroatoms. The minimum atomic E-state index is -1.37. The first kappa shape index (κ1) is 18.9. The highest BCUT2D eigenvalue weighted by atomic mass is 19.2. The second-order valence-corrected chi connectivity index (χ2v) is 6.63. The summed E-state index contributed by atoms with van der Waals surface area (Å²) in [6, 6.07) is 1.17. The predicted octanol–water partition coefficient (Wildman–Crippen LogP) is 2.79. The molecule has 1 amide bonds. The van der Waals surface area contributed by atoms with Crippen molar-refractivity contribution in [2.45, 2.75) is 26.4 Å². The van der Waals surface area contributed by atoms with Gasteiger partial charge in [-0.15, -0.1) is 0 Å². The molecule has 0 bridgehead atoms. The Hall–Kier alpha value is -2.45. The number of piperazine rings is 1. The Morgan fingerprint density at radius 1 is 1.12 bits per heavy atom. The lowest BCUT2D eigenvalue weighted by molar-refractivity contribution is 0.0186. The van der Waals surface area contributed by atoms with Gasteiger partial charge >= 0.3 is 6.09 Å². The van der Waals surface area contributed by atoms with Crippen molar-refractivity contribution < 1.29 is 27.9 Å². The van der Waals surface area contributed by atoms with Crippen LogP contribution in [0.25, 0.3) is 0 Å². The van der Waals surface area contributed by atoms with E-state index in [4.69, 9.17) is 4.74 Å². The molecule has 1 fully saturated rings. The van der Waals surface area contributed by atoms with Crippen molar-refractivity contribution in [2.75, 3.05) is 26.2 Å². The first-order valence-corrected chi connectivity index (χ1v) is 7.72. The molecule has 25 heavy (non-hydrogen) atoms. The van der Waals surface area contributed by atoms with Gasteiger partial charge in [-0.25, -0.2) is 18.0 Å². The first-order chi connectivity index (χ1) is 11.6. The highest BCUT2D eigenvalue weighted by Crippen LogP contribution is 2.19. The molecule has 0 aromatic heterocycles. The summed E-state index contributed by atoms with van der Waals surface area (Å²) in [6.45, 7) is 6.09. The summed E-state index contributed by atoms with van der Waals surface area (Å²) >= 11 is 0. The normalized spacial score (nSPS) is 16.2. The number of ether oxygens (including phenoxy) is 1. The Kier molecular flexibility index (Phi) is 5.44. The van der Waals surface area contributed by atoms with Gasteiger partial charge in [0.2, 0.25) is 0 Å². The van der Waals surface area contributed by atoms with E-state index in [-0.39, 0.29) is 32.0 Å². The molecule has 0 aliphatic carbocycles. The number of hydrogen-bond donors (Lipinski definition) is 1. The van der Waals surface area contributed by atoms with Crippen molar-refractivity contribution in [1.82, 2.24) is 9.80 Å². The van der Waals surface area contributed by atoms with E-state index in [1.807, 2.05) is 0 Å². The second kappa shape index (κ2) is 7.20. The topological polar surface area (TPSA) is 65.4 Å². The number of amidine groups is 1. The zero-order chi connectivity index (χ0) is 18.8. The van der Waals surface area contributed by atoms with Crippen LogP contribution in [0.1, 0.15) is 26.3 Å². The minimum absolute atomic E-state index is 0.191. The van der Waals surface area contributed by atoms with Crippen LogP contribution in [0.5, 0.6) is 0 Å². The van der Waals surface area contributed by atoms with Crippen LogP contribution in [0.3, 0.4) is 0 Å². The minimum Gasteiger partial charge on any atom is -0.444 e. The quantitative estimate of drug-likeness (QED) is 0.275. The highest BCUT2D eigenvalue weighted by Gasteiger charge is 2.29. The lowest BCUT2D eigenvalue weighted by atomic mass is 10.1. The number of amides is 1. The van der Waals surface area contributed by atoms with Gasteiger partial charge < -0.3 is 19.7 Å². The van der Waals surface area contributed by atoms with Gasteiger partial charge in [0.25, 0.3) is 0 Å². The highest BCUT2D eigenvalue weighted by molar-refractivity contribution is 5.98. The van der Waals surface area contributed by atoms with Crippen LogP contribution in [0.15, 0.2) is 17.3 Å². The smallest absolute Gasteiger partial charge is 0.410 e. The molecule has 1 saturated heterocycles. The van der Waals surface area contributed by atoms with Gasteiger partial charge in [0.15, 0.2) is 17.5 Å². The van der Waals surface area contributed by atoms with E-state index >= 15 is 0 Å². The summed E-state index contributed by atoms with van der Waals surface area (Å²) in [5.41, 5.74) is -1.11. The Bertz CT molecular complexity index is 681. The molecule has 6 nitrogen and oxygen atoms in total. The Labute approximate surface area is 143 Å². The number of rotatable bonds is 1. The molecule has 0 saturated carbocycles. The molecular weight excluding hydrogens is 339 g/mol. The number of carbonyl (C=O) groups excluding carboxylic acids is 1. The average Bonchev–Trinajstić information content (AvgIpc) is 2.51. The standard InChI is InChI=1S/C16H20F3N3O3/c1-16(2,3)25-15(23)22-6-4-21(5-7-22)14(20-24)11-8-10(17)9-12(18)13(11)19/h8-9,24H,4-7H2,1-3H3/b20-14-. The van der Waals surface area contributed by atoms with E-state index in [1.54, 1.807) is 20.8 Å². The van der Waals surface area contributed by atoms with Gasteiger partial charge in [0.05, 0.1) is 5.56 Å². The summed E-state index contributed by atoms with van der Waals surface area (Å²) in [5, 5.41) is 12.2. The summed E-state index contributed by atoms with van der Waals surface area (Å²) in [7, 11) is 0. The summed E-state index contributed by atoms with van der Waals surface area (Å²) in [6.07, 6.45) is -0.488. The lowest BCUT2D eigenvalue weighted by Crippen LogP contribution is -2.52. The average molecular weight is 359 g/mol. The Morgan fingerprint density at radius 3 is 2.20 bits per heavy atom. The molecule has 0 unspecified atom stereocenters. The van der Waals surface area contributed by atoms with Crippen LogP contribution in [0.2, 0.25) is 0 Å². The van der Waals surface area contributed by atoms with Crippen molar-refractivity contribution in [2.24, 2.45) is 5.16 Å². The van der Waals surface area contributed by atoms with Crippen molar-refractivity contribution in [3.05, 3.63) is 35.1 Å². The number of nitrogens with zero attached hydrogens (tertiary/aromatic N) is 3. The fourth-order valence-electron chi connectivity index (χ4n) is 2.43. The largest absolute Gasteiger partial charge is 0.444 e. The van der Waals surface area contributed by atoms with E-state index in [9.17, 15) is 23.2 Å². The molecule has 1 aliphatic heterocycles. The van der Waals surface area contributed by atoms with Gasteiger partial charge in [-0.1, -0.05) is 5.16 Å². The zero-order valence-corrected chi connectivity index (χ0v) is 14.2. The van der Waals surface area contributed by atoms with Crippen molar-refractivity contribution >= 4 is 11.9 Å². The van der Waals surface area contributed by atoms with E-state index in [0.717, 1.165) is 6.07 Å². The Balaban J connectivity index is 2.10. The van der Waals surface area contributed by atoms with Crippen molar-refractivity contribution in [1.29, 1.82) is 0 Å². The van der Waals surface area contributed by atoms with Crippen LogP contribution in [0.4, 0.5) is 18.0 Å². The van der Waals surface area contributed by atoms with Gasteiger partial charge in [-0.2, -0.15) is 0 Å². The Morgan fingerprint density at radius 2 is 1.68 bits per heavy atom. The van der Waals surface area contributed by atoms with E-state index in [1.165, 1.54) is 9.80 Å². The van der Waals surface area contributed by atoms with Crippen LogP contribution in [-0.2, 0) is 4.74 Å². The van der Waals surface area contributed by atoms with Crippen LogP contribution < -0.4 is 0 Å². The number of halogens is 3. The first-order valence-electron chi connectivity index (χ1n) is 7.72. The van der Waals surface area contributed by atoms with Crippen LogP contribution >= 0.6 is 0 Å². The fourth-order valence-corrected chi connectivity index (χ4v) is 2.43. The van der Waals surface area contributed by atoms with E-state index in [2.05, 4.69) is 5.16 Å². The third-order valence-corrected chi connectivity index (χ3v) is 3.56. The molecule has 0 atom stereocenters. The third kappa shape index (κ3) is 4.55. The maximum absolute atomic E-state index is 13.9. The van der Waals surface area contributed by atoms with Gasteiger partial charge in [-0.05, 0) is 26.8 Å². The summed E-state index contributed by atoms with van der Waals surface area (Å²) in [5.74, 6) is -3.95. The predicted molar refractivity (Wildman–Crippen MR) is 84.0 cm³/mol. The maximum atomic E-state index is 13.9. The third-order valence-electron chi connectivity index (χ3n) is 3.56.